The fourth-order valence-electron chi connectivity index (χ4n) is 1.12. The van der Waals surface area contributed by atoms with Crippen LogP contribution in [0.1, 0.15) is 31.9 Å². The minimum atomic E-state index is -0.550. The molecule has 0 fully saturated rings. The van der Waals surface area contributed by atoms with Gasteiger partial charge in [0, 0.05) is 6.08 Å². The molecule has 0 aliphatic heterocycles. The summed E-state index contributed by atoms with van der Waals surface area (Å²) in [4.78, 5) is 0. The van der Waals surface area contributed by atoms with Crippen molar-refractivity contribution in [2.24, 2.45) is 0 Å². The molecule has 0 radical (unpaired) electrons. The van der Waals surface area contributed by atoms with Gasteiger partial charge in [0.1, 0.15) is 5.60 Å². The van der Waals surface area contributed by atoms with Gasteiger partial charge in [0.05, 0.1) is 0 Å². The van der Waals surface area contributed by atoms with Crippen LogP contribution < -0.4 is 0 Å². The van der Waals surface area contributed by atoms with Gasteiger partial charge in [-0.05, 0) is 33.3 Å². The van der Waals surface area contributed by atoms with E-state index in [1.54, 1.807) is 0 Å². The van der Waals surface area contributed by atoms with Crippen molar-refractivity contribution in [1.82, 2.24) is 0 Å². The molecule has 0 saturated heterocycles. The molecule has 1 aromatic rings. The van der Waals surface area contributed by atoms with Crippen molar-refractivity contribution in [3.63, 3.8) is 0 Å². The molecule has 0 aliphatic carbocycles. The van der Waals surface area contributed by atoms with Crippen molar-refractivity contribution in [3.8, 4) is 0 Å². The van der Waals surface area contributed by atoms with E-state index in [0.717, 1.165) is 11.1 Å². The lowest BCUT2D eigenvalue weighted by Crippen LogP contribution is -2.17. The highest BCUT2D eigenvalue weighted by molar-refractivity contribution is 5.50. The van der Waals surface area contributed by atoms with Crippen molar-refractivity contribution in [2.75, 3.05) is 0 Å². The van der Waals surface area contributed by atoms with Crippen LogP contribution in [0.2, 0.25) is 0 Å². The van der Waals surface area contributed by atoms with Crippen molar-refractivity contribution in [1.29, 1.82) is 0 Å². The number of rotatable bonds is 2. The molecule has 0 spiro atoms. The summed E-state index contributed by atoms with van der Waals surface area (Å²) in [6.07, 6.45) is 1.39. The first-order chi connectivity index (χ1) is 6.87. The van der Waals surface area contributed by atoms with Gasteiger partial charge in [-0.1, -0.05) is 29.8 Å². The van der Waals surface area contributed by atoms with Crippen LogP contribution in [0.5, 0.6) is 0 Å². The molecular formula is C13H17FO. The summed E-state index contributed by atoms with van der Waals surface area (Å²) >= 11 is 0. The molecule has 1 rings (SSSR count). The molecule has 0 atom stereocenters. The Kier molecular flexibility index (Phi) is 3.51. The Balaban J connectivity index is 2.75. The van der Waals surface area contributed by atoms with E-state index in [1.807, 2.05) is 52.0 Å². The molecule has 82 valence electrons. The number of ether oxygens (including phenoxy) is 1. The molecule has 15 heavy (non-hydrogen) atoms. The van der Waals surface area contributed by atoms with Crippen LogP contribution in [0, 0.1) is 6.92 Å². The van der Waals surface area contributed by atoms with Crippen LogP contribution in [0.3, 0.4) is 0 Å². The molecule has 1 nitrogen and oxygen atoms in total. The Labute approximate surface area is 90.6 Å². The Morgan fingerprint density at radius 2 is 1.73 bits per heavy atom. The normalized spacial score (nSPS) is 12.7. The van der Waals surface area contributed by atoms with E-state index in [4.69, 9.17) is 4.74 Å². The lowest BCUT2D eigenvalue weighted by molar-refractivity contribution is 0.0169. The summed E-state index contributed by atoms with van der Waals surface area (Å²) in [5.41, 5.74) is 1.47. The third-order valence-corrected chi connectivity index (χ3v) is 1.76. The number of hydrogen-bond donors (Lipinski definition) is 0. The molecule has 2 heteroatoms. The minimum absolute atomic E-state index is 0.495. The highest BCUT2D eigenvalue weighted by Crippen LogP contribution is 2.17. The molecule has 0 N–H and O–H groups in total. The summed E-state index contributed by atoms with van der Waals surface area (Å²) in [6.45, 7) is 7.44. The van der Waals surface area contributed by atoms with E-state index < -0.39 is 11.6 Å². The van der Waals surface area contributed by atoms with Gasteiger partial charge in [-0.3, -0.25) is 0 Å². The van der Waals surface area contributed by atoms with Crippen LogP contribution in [0.4, 0.5) is 4.39 Å². The lowest BCUT2D eigenvalue weighted by Gasteiger charge is -2.19. The van der Waals surface area contributed by atoms with Crippen LogP contribution in [-0.2, 0) is 4.74 Å². The average molecular weight is 208 g/mol. The smallest absolute Gasteiger partial charge is 0.273 e. The molecule has 0 saturated carbocycles. The second-order valence-electron chi connectivity index (χ2n) is 4.57. The quantitative estimate of drug-likeness (QED) is 0.665. The second-order valence-corrected chi connectivity index (χ2v) is 4.57. The average Bonchev–Trinajstić information content (AvgIpc) is 2.05. The highest BCUT2D eigenvalue weighted by atomic mass is 19.1. The molecule has 0 heterocycles. The predicted molar refractivity (Wildman–Crippen MR) is 61.1 cm³/mol. The summed E-state index contributed by atoms with van der Waals surface area (Å²) < 4.78 is 18.4. The van der Waals surface area contributed by atoms with Gasteiger partial charge in [0.25, 0.3) is 6.01 Å². The first-order valence-corrected chi connectivity index (χ1v) is 5.00. The largest absolute Gasteiger partial charge is 0.465 e. The topological polar surface area (TPSA) is 9.23 Å². The minimum Gasteiger partial charge on any atom is -0.465 e. The fraction of sp³-hybridized carbons (Fsp3) is 0.385. The van der Waals surface area contributed by atoms with Gasteiger partial charge in [0.15, 0.2) is 0 Å². The highest BCUT2D eigenvalue weighted by Gasteiger charge is 2.12. The molecular weight excluding hydrogens is 191 g/mol. The molecule has 0 aliphatic rings. The summed E-state index contributed by atoms with van der Waals surface area (Å²) in [6, 6.07) is 7.06. The molecule has 0 unspecified atom stereocenters. The van der Waals surface area contributed by atoms with E-state index >= 15 is 0 Å². The van der Waals surface area contributed by atoms with Crippen LogP contribution in [0.15, 0.2) is 30.3 Å². The Bertz CT molecular complexity index is 344. The second kappa shape index (κ2) is 4.47. The summed E-state index contributed by atoms with van der Waals surface area (Å²) in [5, 5.41) is 0. The van der Waals surface area contributed by atoms with Crippen molar-refractivity contribution >= 4 is 6.08 Å². The maximum absolute atomic E-state index is 13.3. The lowest BCUT2D eigenvalue weighted by atomic mass is 10.1. The first-order valence-electron chi connectivity index (χ1n) is 5.00. The zero-order valence-corrected chi connectivity index (χ0v) is 9.67. The van der Waals surface area contributed by atoms with Gasteiger partial charge in [0.2, 0.25) is 0 Å². The van der Waals surface area contributed by atoms with Crippen molar-refractivity contribution < 1.29 is 9.13 Å². The summed E-state index contributed by atoms with van der Waals surface area (Å²) in [5.74, 6) is 0. The number of halogens is 1. The van der Waals surface area contributed by atoms with Gasteiger partial charge < -0.3 is 4.74 Å². The van der Waals surface area contributed by atoms with Crippen LogP contribution >= 0.6 is 0 Å². The Morgan fingerprint density at radius 3 is 2.20 bits per heavy atom. The van der Waals surface area contributed by atoms with Gasteiger partial charge in [-0.15, -0.1) is 0 Å². The van der Waals surface area contributed by atoms with Crippen molar-refractivity contribution in [2.45, 2.75) is 33.3 Å². The Morgan fingerprint density at radius 1 is 1.20 bits per heavy atom. The number of hydrogen-bond acceptors (Lipinski definition) is 1. The van der Waals surface area contributed by atoms with E-state index in [9.17, 15) is 4.39 Å². The molecule has 0 bridgehead atoms. The van der Waals surface area contributed by atoms with Gasteiger partial charge in [-0.2, -0.15) is 4.39 Å². The summed E-state index contributed by atoms with van der Waals surface area (Å²) in [7, 11) is 0. The van der Waals surface area contributed by atoms with E-state index in [-0.39, 0.29) is 0 Å². The first kappa shape index (κ1) is 11.8. The Hall–Kier alpha value is -1.31. The molecule has 1 aromatic carbocycles. The predicted octanol–water partition coefficient (Wildman–Crippen LogP) is 4.08. The number of benzene rings is 1. The van der Waals surface area contributed by atoms with E-state index in [1.165, 1.54) is 6.08 Å². The van der Waals surface area contributed by atoms with Crippen LogP contribution in [0.25, 0.3) is 6.08 Å². The van der Waals surface area contributed by atoms with Crippen LogP contribution in [-0.4, -0.2) is 5.60 Å². The maximum atomic E-state index is 13.3. The maximum Gasteiger partial charge on any atom is 0.273 e. The van der Waals surface area contributed by atoms with E-state index in [0.29, 0.717) is 0 Å². The monoisotopic (exact) mass is 208 g/mol. The molecule has 0 amide bonds. The number of aryl methyl sites for hydroxylation is 1. The third kappa shape index (κ3) is 4.63. The SMILES string of the molecule is Cc1ccc(C=C(F)OC(C)(C)C)cc1. The molecule has 0 aromatic heterocycles. The fourth-order valence-corrected chi connectivity index (χ4v) is 1.12. The standard InChI is InChI=1S/C13H17FO/c1-10-5-7-11(8-6-10)9-12(14)15-13(2,3)4/h5-9H,1-4H3. The zero-order valence-electron chi connectivity index (χ0n) is 9.67. The van der Waals surface area contributed by atoms with Gasteiger partial charge >= 0.3 is 0 Å². The third-order valence-electron chi connectivity index (χ3n) is 1.76. The zero-order chi connectivity index (χ0) is 11.5. The van der Waals surface area contributed by atoms with E-state index in [2.05, 4.69) is 0 Å². The van der Waals surface area contributed by atoms with Crippen molar-refractivity contribution in [3.05, 3.63) is 41.4 Å². The van der Waals surface area contributed by atoms with Gasteiger partial charge in [-0.25, -0.2) is 0 Å².